The van der Waals surface area contributed by atoms with E-state index in [9.17, 15) is 4.79 Å². The Bertz CT molecular complexity index is 793. The zero-order valence-electron chi connectivity index (χ0n) is 12.6. The number of carbonyl (C=O) groups is 1. The zero-order chi connectivity index (χ0) is 15.5. The van der Waals surface area contributed by atoms with Crippen LogP contribution in [0.1, 0.15) is 30.2 Å². The Labute approximate surface area is 128 Å². The molecule has 5 heteroatoms. The van der Waals surface area contributed by atoms with Crippen molar-refractivity contribution in [3.8, 4) is 0 Å². The maximum absolute atomic E-state index is 12.1. The minimum Gasteiger partial charge on any atom is -0.342 e. The Morgan fingerprint density at radius 1 is 1.27 bits per heavy atom. The van der Waals surface area contributed by atoms with E-state index >= 15 is 0 Å². The molecule has 3 rings (SSSR count). The number of imidazole rings is 1. The van der Waals surface area contributed by atoms with Crippen molar-refractivity contribution in [2.24, 2.45) is 5.92 Å². The number of hydrogen-bond donors (Lipinski definition) is 2. The third kappa shape index (κ3) is 3.14. The standard InChI is InChI=1S/C17H18N4O/c1-11(2)9-16-20-13-7-6-12(10-15(13)21-16)19-17(22)14-5-3-4-8-18-14/h3-8,10-11H,9H2,1-2H3,(H,19,22)(H,20,21). The van der Waals surface area contributed by atoms with Crippen LogP contribution in [0.4, 0.5) is 5.69 Å². The van der Waals surface area contributed by atoms with Gasteiger partial charge in [0.15, 0.2) is 0 Å². The van der Waals surface area contributed by atoms with E-state index < -0.39 is 0 Å². The topological polar surface area (TPSA) is 70.7 Å². The van der Waals surface area contributed by atoms with E-state index in [1.807, 2.05) is 18.2 Å². The third-order valence-corrected chi connectivity index (χ3v) is 3.29. The molecular formula is C17H18N4O. The summed E-state index contributed by atoms with van der Waals surface area (Å²) < 4.78 is 0. The highest BCUT2D eigenvalue weighted by Gasteiger charge is 2.09. The number of nitrogens with zero attached hydrogens (tertiary/aromatic N) is 2. The summed E-state index contributed by atoms with van der Waals surface area (Å²) in [6.07, 6.45) is 2.51. The summed E-state index contributed by atoms with van der Waals surface area (Å²) in [5.74, 6) is 1.30. The van der Waals surface area contributed by atoms with E-state index in [-0.39, 0.29) is 5.91 Å². The van der Waals surface area contributed by atoms with Gasteiger partial charge in [0.1, 0.15) is 11.5 Å². The van der Waals surface area contributed by atoms with E-state index in [1.54, 1.807) is 24.4 Å². The van der Waals surface area contributed by atoms with Crippen molar-refractivity contribution in [1.29, 1.82) is 0 Å². The van der Waals surface area contributed by atoms with Gasteiger partial charge in [0.2, 0.25) is 0 Å². The quantitative estimate of drug-likeness (QED) is 0.774. The fourth-order valence-corrected chi connectivity index (χ4v) is 2.32. The molecule has 2 N–H and O–H groups in total. The van der Waals surface area contributed by atoms with Crippen LogP contribution in [0.5, 0.6) is 0 Å². The van der Waals surface area contributed by atoms with Crippen LogP contribution >= 0.6 is 0 Å². The predicted octanol–water partition coefficient (Wildman–Crippen LogP) is 3.41. The van der Waals surface area contributed by atoms with Gasteiger partial charge in [0, 0.05) is 18.3 Å². The lowest BCUT2D eigenvalue weighted by molar-refractivity contribution is 0.102. The zero-order valence-corrected chi connectivity index (χ0v) is 12.6. The summed E-state index contributed by atoms with van der Waals surface area (Å²) in [7, 11) is 0. The van der Waals surface area contributed by atoms with Crippen LogP contribution in [-0.4, -0.2) is 20.9 Å². The van der Waals surface area contributed by atoms with Crippen LogP contribution in [0.25, 0.3) is 11.0 Å². The first-order valence-corrected chi connectivity index (χ1v) is 7.33. The molecule has 2 aromatic heterocycles. The summed E-state index contributed by atoms with van der Waals surface area (Å²) in [5, 5.41) is 2.85. The number of hydrogen-bond acceptors (Lipinski definition) is 3. The van der Waals surface area contributed by atoms with Gasteiger partial charge in [-0.05, 0) is 36.2 Å². The number of aromatic amines is 1. The summed E-state index contributed by atoms with van der Waals surface area (Å²) in [6, 6.07) is 10.9. The monoisotopic (exact) mass is 294 g/mol. The highest BCUT2D eigenvalue weighted by atomic mass is 16.1. The van der Waals surface area contributed by atoms with Gasteiger partial charge in [0.25, 0.3) is 5.91 Å². The van der Waals surface area contributed by atoms with Gasteiger partial charge in [0.05, 0.1) is 11.0 Å². The van der Waals surface area contributed by atoms with E-state index in [0.29, 0.717) is 11.6 Å². The SMILES string of the molecule is CC(C)Cc1nc2ccc(NC(=O)c3ccccn3)cc2[nH]1. The molecule has 0 bridgehead atoms. The van der Waals surface area contributed by atoms with Crippen molar-refractivity contribution >= 4 is 22.6 Å². The second-order valence-electron chi connectivity index (χ2n) is 5.68. The number of pyridine rings is 1. The van der Waals surface area contributed by atoms with Crippen molar-refractivity contribution in [1.82, 2.24) is 15.0 Å². The summed E-state index contributed by atoms with van der Waals surface area (Å²) in [4.78, 5) is 24.0. The van der Waals surface area contributed by atoms with Crippen LogP contribution in [0.2, 0.25) is 0 Å². The number of benzene rings is 1. The van der Waals surface area contributed by atoms with E-state index in [1.165, 1.54) is 0 Å². The minimum atomic E-state index is -0.220. The Kier molecular flexibility index (Phi) is 3.87. The fourth-order valence-electron chi connectivity index (χ4n) is 2.32. The highest BCUT2D eigenvalue weighted by Crippen LogP contribution is 2.19. The molecule has 0 aliphatic heterocycles. The highest BCUT2D eigenvalue weighted by molar-refractivity contribution is 6.03. The lowest BCUT2D eigenvalue weighted by Gasteiger charge is -2.04. The van der Waals surface area contributed by atoms with Crippen molar-refractivity contribution in [2.75, 3.05) is 5.32 Å². The Morgan fingerprint density at radius 3 is 2.86 bits per heavy atom. The molecule has 0 saturated carbocycles. The van der Waals surface area contributed by atoms with Gasteiger partial charge < -0.3 is 10.3 Å². The molecule has 3 aromatic rings. The lowest BCUT2D eigenvalue weighted by atomic mass is 10.1. The van der Waals surface area contributed by atoms with Gasteiger partial charge in [-0.2, -0.15) is 0 Å². The van der Waals surface area contributed by atoms with Crippen molar-refractivity contribution in [3.05, 3.63) is 54.1 Å². The number of rotatable bonds is 4. The van der Waals surface area contributed by atoms with Crippen LogP contribution in [0.15, 0.2) is 42.6 Å². The van der Waals surface area contributed by atoms with Crippen LogP contribution in [0, 0.1) is 5.92 Å². The molecule has 0 unspecified atom stereocenters. The van der Waals surface area contributed by atoms with Gasteiger partial charge in [-0.1, -0.05) is 19.9 Å². The molecule has 0 aliphatic carbocycles. The molecule has 0 spiro atoms. The maximum Gasteiger partial charge on any atom is 0.274 e. The molecule has 5 nitrogen and oxygen atoms in total. The number of H-pyrrole nitrogens is 1. The number of nitrogens with one attached hydrogen (secondary N) is 2. The summed E-state index contributed by atoms with van der Waals surface area (Å²) in [6.45, 7) is 4.32. The molecule has 0 atom stereocenters. The minimum absolute atomic E-state index is 0.220. The fraction of sp³-hybridized carbons (Fsp3) is 0.235. The number of fused-ring (bicyclic) bond motifs is 1. The van der Waals surface area contributed by atoms with Crippen molar-refractivity contribution < 1.29 is 4.79 Å². The lowest BCUT2D eigenvalue weighted by Crippen LogP contribution is -2.13. The van der Waals surface area contributed by atoms with Crippen molar-refractivity contribution in [3.63, 3.8) is 0 Å². The second kappa shape index (κ2) is 5.97. The number of aromatic nitrogens is 3. The predicted molar refractivity (Wildman–Crippen MR) is 86.8 cm³/mol. The van der Waals surface area contributed by atoms with Gasteiger partial charge in [-0.25, -0.2) is 4.98 Å². The average Bonchev–Trinajstić information content (AvgIpc) is 2.88. The number of amides is 1. The summed E-state index contributed by atoms with van der Waals surface area (Å²) >= 11 is 0. The molecule has 0 aliphatic rings. The van der Waals surface area contributed by atoms with E-state index in [2.05, 4.69) is 34.1 Å². The third-order valence-electron chi connectivity index (χ3n) is 3.29. The normalized spacial score (nSPS) is 11.0. The molecule has 1 amide bonds. The smallest absolute Gasteiger partial charge is 0.274 e. The van der Waals surface area contributed by atoms with Gasteiger partial charge in [-0.3, -0.25) is 9.78 Å². The maximum atomic E-state index is 12.1. The Balaban J connectivity index is 1.81. The molecular weight excluding hydrogens is 276 g/mol. The van der Waals surface area contributed by atoms with Gasteiger partial charge >= 0.3 is 0 Å². The molecule has 0 radical (unpaired) electrons. The Morgan fingerprint density at radius 2 is 2.14 bits per heavy atom. The molecule has 112 valence electrons. The van der Waals surface area contributed by atoms with Crippen LogP contribution in [0.3, 0.4) is 0 Å². The van der Waals surface area contributed by atoms with Crippen molar-refractivity contribution in [2.45, 2.75) is 20.3 Å². The molecule has 0 saturated heterocycles. The molecule has 2 heterocycles. The number of anilines is 1. The first-order valence-electron chi connectivity index (χ1n) is 7.33. The van der Waals surface area contributed by atoms with Crippen LogP contribution in [-0.2, 0) is 6.42 Å². The Hall–Kier alpha value is -2.69. The largest absolute Gasteiger partial charge is 0.342 e. The molecule has 1 aromatic carbocycles. The van der Waals surface area contributed by atoms with E-state index in [0.717, 1.165) is 29.0 Å². The second-order valence-corrected chi connectivity index (χ2v) is 5.68. The molecule has 22 heavy (non-hydrogen) atoms. The first kappa shape index (κ1) is 14.3. The number of carbonyl (C=O) groups excluding carboxylic acids is 1. The summed E-state index contributed by atoms with van der Waals surface area (Å²) in [5.41, 5.74) is 2.96. The average molecular weight is 294 g/mol. The van der Waals surface area contributed by atoms with E-state index in [4.69, 9.17) is 0 Å². The van der Waals surface area contributed by atoms with Gasteiger partial charge in [-0.15, -0.1) is 0 Å². The molecule has 0 fully saturated rings. The first-order chi connectivity index (χ1) is 10.6. The van der Waals surface area contributed by atoms with Crippen LogP contribution < -0.4 is 5.32 Å².